The van der Waals surface area contributed by atoms with Crippen molar-refractivity contribution in [1.29, 1.82) is 0 Å². The third-order valence-corrected chi connectivity index (χ3v) is 10.9. The largest absolute Gasteiger partial charge is 0.351 e. The van der Waals surface area contributed by atoms with Crippen LogP contribution in [0.5, 0.6) is 0 Å². The van der Waals surface area contributed by atoms with Gasteiger partial charge in [-0.25, -0.2) is 8.42 Å². The van der Waals surface area contributed by atoms with E-state index in [2.05, 4.69) is 34.7 Å². The number of hydrogen-bond acceptors (Lipinski definition) is 6. The molecule has 3 aromatic carbocycles. The average Bonchev–Trinajstić information content (AvgIpc) is 3.02. The summed E-state index contributed by atoms with van der Waals surface area (Å²) in [6.07, 6.45) is 6.84. The molecule has 224 valence electrons. The predicted molar refractivity (Wildman–Crippen MR) is 169 cm³/mol. The highest BCUT2D eigenvalue weighted by Gasteiger charge is 2.41. The Hall–Kier alpha value is -3.04. The molecule has 42 heavy (non-hydrogen) atoms. The van der Waals surface area contributed by atoms with Gasteiger partial charge in [0.2, 0.25) is 5.91 Å². The third-order valence-electron chi connectivity index (χ3n) is 8.63. The molecule has 8 heteroatoms. The monoisotopic (exact) mass is 589 g/mol. The van der Waals surface area contributed by atoms with Gasteiger partial charge in [0.25, 0.3) is 0 Å². The van der Waals surface area contributed by atoms with E-state index >= 15 is 0 Å². The number of amides is 1. The average molecular weight is 590 g/mol. The van der Waals surface area contributed by atoms with Crippen molar-refractivity contribution < 1.29 is 17.9 Å². The Kier molecular flexibility index (Phi) is 10.4. The van der Waals surface area contributed by atoms with Crippen molar-refractivity contribution >= 4 is 26.5 Å². The number of carbonyl (C=O) groups excluding carboxylic acids is 1. The predicted octanol–water partition coefficient (Wildman–Crippen LogP) is 4.69. The van der Waals surface area contributed by atoms with E-state index in [9.17, 15) is 13.2 Å². The Bertz CT molecular complexity index is 1430. The van der Waals surface area contributed by atoms with Gasteiger partial charge < -0.3 is 20.7 Å². The molecule has 2 saturated heterocycles. The fraction of sp³-hybridized carbons (Fsp3) is 0.441. The second-order valence-electron chi connectivity index (χ2n) is 11.5. The lowest BCUT2D eigenvalue weighted by Gasteiger charge is -2.34. The summed E-state index contributed by atoms with van der Waals surface area (Å²) in [4.78, 5) is 13.4. The lowest BCUT2D eigenvalue weighted by Crippen LogP contribution is -2.51. The molecule has 3 aromatic rings. The van der Waals surface area contributed by atoms with Gasteiger partial charge in [-0.05, 0) is 79.6 Å². The van der Waals surface area contributed by atoms with Gasteiger partial charge in [-0.15, -0.1) is 6.58 Å². The maximum atomic E-state index is 14.4. The number of nitrogens with one attached hydrogen (secondary N) is 3. The third kappa shape index (κ3) is 7.29. The van der Waals surface area contributed by atoms with Gasteiger partial charge in [-0.1, -0.05) is 85.3 Å². The zero-order chi connectivity index (χ0) is 29.4. The van der Waals surface area contributed by atoms with Crippen LogP contribution in [0.3, 0.4) is 0 Å². The summed E-state index contributed by atoms with van der Waals surface area (Å²) in [5.41, 5.74) is 0.643. The number of fused-ring (bicyclic) bond motifs is 1. The Morgan fingerprint density at radius 1 is 0.976 bits per heavy atom. The summed E-state index contributed by atoms with van der Waals surface area (Å²) < 4.78 is 34.8. The van der Waals surface area contributed by atoms with Crippen molar-refractivity contribution in [2.45, 2.75) is 61.3 Å². The van der Waals surface area contributed by atoms with Gasteiger partial charge in [0.05, 0.1) is 0 Å². The quantitative estimate of drug-likeness (QED) is 0.265. The van der Waals surface area contributed by atoms with E-state index in [-0.39, 0.29) is 18.6 Å². The molecule has 0 spiro atoms. The van der Waals surface area contributed by atoms with Crippen molar-refractivity contribution in [1.82, 2.24) is 16.0 Å². The standard InChI is InChI=1S/C34H43N3O4S/c1-2-32(29-18-10-15-26-14-6-7-17-28(26)29)42(39,40)34(30-19-8-9-21-36-30)41-24-33(38)37-31(27-16-11-20-35-23-27)22-25-12-4-3-5-13-25/h2-7,10,12-15,17-18,27,30-32,34-36H,1,8-9,11,16,19-24H2,(H,37,38). The highest BCUT2D eigenvalue weighted by molar-refractivity contribution is 7.92. The van der Waals surface area contributed by atoms with Crippen LogP contribution in [-0.2, 0) is 25.8 Å². The minimum atomic E-state index is -3.94. The minimum absolute atomic E-state index is 0.0734. The smallest absolute Gasteiger partial charge is 0.246 e. The SMILES string of the molecule is C=CC(c1cccc2ccccc12)S(=O)(=O)C(OCC(=O)NC(Cc1ccccc1)C1CCCNC1)C1CCCCN1. The molecular formula is C34H43N3O4S. The molecule has 7 nitrogen and oxygen atoms in total. The number of benzene rings is 3. The first-order valence-corrected chi connectivity index (χ1v) is 16.8. The van der Waals surface area contributed by atoms with Crippen LogP contribution < -0.4 is 16.0 Å². The summed E-state index contributed by atoms with van der Waals surface area (Å²) in [6, 6.07) is 23.1. The van der Waals surface area contributed by atoms with Crippen molar-refractivity contribution in [2.75, 3.05) is 26.2 Å². The van der Waals surface area contributed by atoms with E-state index in [0.717, 1.165) is 55.1 Å². The van der Waals surface area contributed by atoms with Crippen molar-refractivity contribution in [3.05, 3.63) is 96.6 Å². The summed E-state index contributed by atoms with van der Waals surface area (Å²) in [6.45, 7) is 6.14. The van der Waals surface area contributed by atoms with Crippen LogP contribution in [0.4, 0.5) is 0 Å². The molecule has 5 unspecified atom stereocenters. The van der Waals surface area contributed by atoms with Crippen LogP contribution in [0.2, 0.25) is 0 Å². The van der Waals surface area contributed by atoms with Gasteiger partial charge in [-0.3, -0.25) is 4.79 Å². The van der Waals surface area contributed by atoms with Crippen LogP contribution in [-0.4, -0.2) is 58.1 Å². The van der Waals surface area contributed by atoms with Gasteiger partial charge >= 0.3 is 0 Å². The Morgan fingerprint density at radius 3 is 2.50 bits per heavy atom. The summed E-state index contributed by atoms with van der Waals surface area (Å²) in [5, 5.41) is 10.9. The molecule has 0 aliphatic carbocycles. The Labute approximate surface area is 250 Å². The molecule has 2 aliphatic rings. The highest BCUT2D eigenvalue weighted by atomic mass is 32.2. The first-order valence-electron chi connectivity index (χ1n) is 15.2. The molecular weight excluding hydrogens is 546 g/mol. The molecule has 1 amide bonds. The number of piperidine rings is 2. The van der Waals surface area contributed by atoms with Crippen molar-refractivity contribution in [3.8, 4) is 0 Å². The molecule has 2 heterocycles. The van der Waals surface area contributed by atoms with Gasteiger partial charge in [0.1, 0.15) is 11.9 Å². The van der Waals surface area contributed by atoms with Crippen molar-refractivity contribution in [3.63, 3.8) is 0 Å². The zero-order valence-corrected chi connectivity index (χ0v) is 25.0. The van der Waals surface area contributed by atoms with Gasteiger partial charge in [0.15, 0.2) is 15.3 Å². The number of rotatable bonds is 12. The van der Waals surface area contributed by atoms with Crippen LogP contribution in [0.15, 0.2) is 85.5 Å². The van der Waals surface area contributed by atoms with E-state index in [4.69, 9.17) is 4.74 Å². The molecule has 2 aliphatic heterocycles. The van der Waals surface area contributed by atoms with Crippen LogP contribution in [0, 0.1) is 5.92 Å². The Balaban J connectivity index is 1.36. The molecule has 0 aromatic heterocycles. The fourth-order valence-corrected chi connectivity index (χ4v) is 8.53. The molecule has 2 fully saturated rings. The number of carbonyl (C=O) groups is 1. The topological polar surface area (TPSA) is 96.5 Å². The Morgan fingerprint density at radius 2 is 1.76 bits per heavy atom. The molecule has 0 radical (unpaired) electrons. The van der Waals surface area contributed by atoms with E-state index in [0.29, 0.717) is 30.9 Å². The molecule has 5 atom stereocenters. The lowest BCUT2D eigenvalue weighted by molar-refractivity contribution is -0.127. The van der Waals surface area contributed by atoms with E-state index in [1.54, 1.807) is 0 Å². The van der Waals surface area contributed by atoms with E-state index < -0.39 is 26.6 Å². The van der Waals surface area contributed by atoms with E-state index in [1.807, 2.05) is 60.7 Å². The first-order chi connectivity index (χ1) is 20.5. The summed E-state index contributed by atoms with van der Waals surface area (Å²) in [5.74, 6) is -0.00298. The fourth-order valence-electron chi connectivity index (χ4n) is 6.46. The maximum absolute atomic E-state index is 14.4. The minimum Gasteiger partial charge on any atom is -0.351 e. The molecule has 0 saturated carbocycles. The zero-order valence-electron chi connectivity index (χ0n) is 24.2. The molecule has 3 N–H and O–H groups in total. The molecule has 0 bridgehead atoms. The van der Waals surface area contributed by atoms with Crippen LogP contribution in [0.1, 0.15) is 48.5 Å². The van der Waals surface area contributed by atoms with E-state index in [1.165, 1.54) is 6.08 Å². The molecule has 5 rings (SSSR count). The lowest BCUT2D eigenvalue weighted by atomic mass is 9.87. The van der Waals surface area contributed by atoms with Crippen LogP contribution in [0.25, 0.3) is 10.8 Å². The number of hydrogen-bond donors (Lipinski definition) is 3. The number of ether oxygens (including phenoxy) is 1. The van der Waals surface area contributed by atoms with Gasteiger partial charge in [0, 0.05) is 12.1 Å². The second-order valence-corrected chi connectivity index (χ2v) is 13.7. The first kappa shape index (κ1) is 30.4. The van der Waals surface area contributed by atoms with Crippen LogP contribution >= 0.6 is 0 Å². The normalized spacial score (nSPS) is 21.7. The summed E-state index contributed by atoms with van der Waals surface area (Å²) >= 11 is 0. The number of sulfone groups is 1. The maximum Gasteiger partial charge on any atom is 0.246 e. The highest BCUT2D eigenvalue weighted by Crippen LogP contribution is 2.35. The van der Waals surface area contributed by atoms with Crippen molar-refractivity contribution in [2.24, 2.45) is 5.92 Å². The second kappa shape index (κ2) is 14.4. The van der Waals surface area contributed by atoms with Gasteiger partial charge in [-0.2, -0.15) is 0 Å². The summed E-state index contributed by atoms with van der Waals surface area (Å²) in [7, 11) is -3.94.